The van der Waals surface area contributed by atoms with Crippen molar-refractivity contribution in [3.8, 4) is 0 Å². The number of rotatable bonds is 28. The van der Waals surface area contributed by atoms with E-state index in [4.69, 9.17) is 0 Å². The van der Waals surface area contributed by atoms with Crippen LogP contribution in [0.2, 0.25) is 0 Å². The fraction of sp³-hybridized carbons (Fsp3) is 0.838. The van der Waals surface area contributed by atoms with E-state index in [-0.39, 0.29) is 23.9 Å². The molecule has 2 atom stereocenters. The topological polar surface area (TPSA) is 58.2 Å². The van der Waals surface area contributed by atoms with E-state index in [9.17, 15) is 9.59 Å². The molecule has 0 aromatic heterocycles. The van der Waals surface area contributed by atoms with E-state index in [1.807, 2.05) is 0 Å². The SMILES string of the molecule is CCCCCC/C=C\CCCCCCCC(=O)N[C@H]1CCC[C@H]1NC(=O)CCCCCCC/C=C\CCCCCC. The van der Waals surface area contributed by atoms with Gasteiger partial charge in [-0.1, -0.05) is 115 Å². The van der Waals surface area contributed by atoms with Gasteiger partial charge in [0.05, 0.1) is 0 Å². The maximum absolute atomic E-state index is 12.5. The number of unbranched alkanes of at least 4 members (excludes halogenated alkanes) is 18. The highest BCUT2D eigenvalue weighted by molar-refractivity contribution is 5.78. The second kappa shape index (κ2) is 28.5. The van der Waals surface area contributed by atoms with Crippen molar-refractivity contribution in [1.29, 1.82) is 0 Å². The van der Waals surface area contributed by atoms with Crippen molar-refractivity contribution in [2.45, 2.75) is 199 Å². The Balaban J connectivity index is 1.98. The Bertz CT molecular complexity index is 616. The van der Waals surface area contributed by atoms with Gasteiger partial charge in [-0.25, -0.2) is 0 Å². The number of carbonyl (C=O) groups excluding carboxylic acids is 2. The summed E-state index contributed by atoms with van der Waals surface area (Å²) in [4.78, 5) is 25.0. The molecule has 1 fully saturated rings. The minimum atomic E-state index is 0.111. The van der Waals surface area contributed by atoms with Crippen molar-refractivity contribution in [2.75, 3.05) is 0 Å². The number of nitrogens with one attached hydrogen (secondary N) is 2. The van der Waals surface area contributed by atoms with Crippen LogP contribution >= 0.6 is 0 Å². The normalized spacial score (nSPS) is 17.1. The quantitative estimate of drug-likeness (QED) is 0.0723. The van der Waals surface area contributed by atoms with Gasteiger partial charge >= 0.3 is 0 Å². The molecule has 0 aromatic carbocycles. The van der Waals surface area contributed by atoms with E-state index in [1.54, 1.807) is 0 Å². The van der Waals surface area contributed by atoms with Gasteiger partial charge in [-0.3, -0.25) is 9.59 Å². The predicted octanol–water partition coefficient (Wildman–Crippen LogP) is 10.7. The fourth-order valence-electron chi connectivity index (χ4n) is 5.87. The van der Waals surface area contributed by atoms with Crippen LogP contribution in [-0.2, 0) is 9.59 Å². The summed E-state index contributed by atoms with van der Waals surface area (Å²) in [5, 5.41) is 6.45. The molecule has 0 bridgehead atoms. The van der Waals surface area contributed by atoms with Gasteiger partial charge in [0.25, 0.3) is 0 Å². The lowest BCUT2D eigenvalue weighted by Crippen LogP contribution is -2.48. The monoisotopic (exact) mass is 573 g/mol. The van der Waals surface area contributed by atoms with Crippen molar-refractivity contribution in [1.82, 2.24) is 10.6 Å². The maximum atomic E-state index is 12.5. The van der Waals surface area contributed by atoms with Crippen molar-refractivity contribution >= 4 is 11.8 Å². The summed E-state index contributed by atoms with van der Waals surface area (Å²) in [6, 6.07) is 0.222. The third-order valence-corrected chi connectivity index (χ3v) is 8.54. The lowest BCUT2D eigenvalue weighted by Gasteiger charge is -2.22. The first kappa shape index (κ1) is 37.4. The molecule has 41 heavy (non-hydrogen) atoms. The smallest absolute Gasteiger partial charge is 0.220 e. The zero-order valence-electron chi connectivity index (χ0n) is 27.4. The third kappa shape index (κ3) is 23.6. The zero-order chi connectivity index (χ0) is 29.6. The fourth-order valence-corrected chi connectivity index (χ4v) is 5.87. The minimum absolute atomic E-state index is 0.111. The van der Waals surface area contributed by atoms with Gasteiger partial charge in [-0.05, 0) is 83.5 Å². The lowest BCUT2D eigenvalue weighted by molar-refractivity contribution is -0.124. The van der Waals surface area contributed by atoms with E-state index in [1.165, 1.54) is 116 Å². The molecule has 0 spiro atoms. The maximum Gasteiger partial charge on any atom is 0.220 e. The predicted molar refractivity (Wildman–Crippen MR) is 178 cm³/mol. The second-order valence-electron chi connectivity index (χ2n) is 12.5. The van der Waals surface area contributed by atoms with Gasteiger partial charge in [0.1, 0.15) is 0 Å². The van der Waals surface area contributed by atoms with Gasteiger partial charge in [0.15, 0.2) is 0 Å². The Kier molecular flexibility index (Phi) is 26.1. The molecule has 0 radical (unpaired) electrons. The number of carbonyl (C=O) groups is 2. The molecule has 0 aromatic rings. The molecule has 4 nitrogen and oxygen atoms in total. The first-order chi connectivity index (χ1) is 20.2. The van der Waals surface area contributed by atoms with Crippen molar-refractivity contribution in [3.05, 3.63) is 24.3 Å². The standard InChI is InChI=1S/C37H68N2O2/c1-3-5-7-9-11-13-15-17-19-21-23-25-27-32-36(40)38-34-30-29-31-35(34)39-37(41)33-28-26-24-22-20-18-16-14-12-10-8-6-4-2/h13-16,34-35H,3-12,17-33H2,1-2H3,(H,38,40)(H,39,41)/b15-13-,16-14-/t34-,35+. The molecule has 0 aliphatic heterocycles. The molecule has 1 rings (SSSR count). The van der Waals surface area contributed by atoms with Gasteiger partial charge in [-0.2, -0.15) is 0 Å². The van der Waals surface area contributed by atoms with Crippen LogP contribution < -0.4 is 10.6 Å². The van der Waals surface area contributed by atoms with Crippen LogP contribution in [0.4, 0.5) is 0 Å². The van der Waals surface area contributed by atoms with Crippen LogP contribution in [0, 0.1) is 0 Å². The van der Waals surface area contributed by atoms with Gasteiger partial charge in [-0.15, -0.1) is 0 Å². The largest absolute Gasteiger partial charge is 0.351 e. The molecular weight excluding hydrogens is 504 g/mol. The van der Waals surface area contributed by atoms with E-state index in [0.29, 0.717) is 12.8 Å². The van der Waals surface area contributed by atoms with E-state index in [0.717, 1.165) is 44.9 Å². The Morgan fingerprint density at radius 1 is 0.488 bits per heavy atom. The average Bonchev–Trinajstić information content (AvgIpc) is 3.39. The molecule has 4 heteroatoms. The molecule has 238 valence electrons. The Morgan fingerprint density at radius 3 is 1.17 bits per heavy atom. The average molecular weight is 573 g/mol. The molecule has 2 N–H and O–H groups in total. The summed E-state index contributed by atoms with van der Waals surface area (Å²) >= 11 is 0. The number of allylic oxidation sites excluding steroid dienone is 4. The third-order valence-electron chi connectivity index (χ3n) is 8.54. The van der Waals surface area contributed by atoms with E-state index < -0.39 is 0 Å². The van der Waals surface area contributed by atoms with Gasteiger partial charge in [0.2, 0.25) is 11.8 Å². The van der Waals surface area contributed by atoms with Crippen LogP contribution in [0.25, 0.3) is 0 Å². The summed E-state index contributed by atoms with van der Waals surface area (Å²) in [5.74, 6) is 0.321. The molecule has 2 amide bonds. The summed E-state index contributed by atoms with van der Waals surface area (Å²) in [6.07, 6.45) is 41.0. The first-order valence-electron chi connectivity index (χ1n) is 18.1. The first-order valence-corrected chi connectivity index (χ1v) is 18.1. The molecule has 0 saturated heterocycles. The van der Waals surface area contributed by atoms with Crippen LogP contribution in [0.15, 0.2) is 24.3 Å². The van der Waals surface area contributed by atoms with Crippen molar-refractivity contribution < 1.29 is 9.59 Å². The van der Waals surface area contributed by atoms with Crippen LogP contribution in [0.1, 0.15) is 187 Å². The lowest BCUT2D eigenvalue weighted by atomic mass is 10.1. The van der Waals surface area contributed by atoms with Crippen LogP contribution in [-0.4, -0.2) is 23.9 Å². The molecule has 0 unspecified atom stereocenters. The van der Waals surface area contributed by atoms with Crippen LogP contribution in [0.5, 0.6) is 0 Å². The second-order valence-corrected chi connectivity index (χ2v) is 12.5. The zero-order valence-corrected chi connectivity index (χ0v) is 27.4. The molecular formula is C37H68N2O2. The molecule has 1 saturated carbocycles. The number of amides is 2. The summed E-state index contributed by atoms with van der Waals surface area (Å²) < 4.78 is 0. The number of hydrogen-bond donors (Lipinski definition) is 2. The van der Waals surface area contributed by atoms with Crippen molar-refractivity contribution in [3.63, 3.8) is 0 Å². The summed E-state index contributed by atoms with van der Waals surface area (Å²) in [7, 11) is 0. The van der Waals surface area contributed by atoms with Crippen molar-refractivity contribution in [2.24, 2.45) is 0 Å². The van der Waals surface area contributed by atoms with E-state index in [2.05, 4.69) is 48.8 Å². The molecule has 0 heterocycles. The highest BCUT2D eigenvalue weighted by Crippen LogP contribution is 2.20. The Hall–Kier alpha value is -1.58. The Labute approximate surface area is 255 Å². The summed E-state index contributed by atoms with van der Waals surface area (Å²) in [6.45, 7) is 4.52. The van der Waals surface area contributed by atoms with Gasteiger partial charge < -0.3 is 10.6 Å². The molecule has 1 aliphatic carbocycles. The number of hydrogen-bond acceptors (Lipinski definition) is 2. The Morgan fingerprint density at radius 2 is 0.805 bits per heavy atom. The van der Waals surface area contributed by atoms with Crippen LogP contribution in [0.3, 0.4) is 0 Å². The van der Waals surface area contributed by atoms with E-state index >= 15 is 0 Å². The summed E-state index contributed by atoms with van der Waals surface area (Å²) in [5.41, 5.74) is 0. The highest BCUT2D eigenvalue weighted by atomic mass is 16.2. The highest BCUT2D eigenvalue weighted by Gasteiger charge is 2.29. The molecule has 1 aliphatic rings. The minimum Gasteiger partial charge on any atom is -0.351 e. The van der Waals surface area contributed by atoms with Gasteiger partial charge in [0, 0.05) is 24.9 Å².